The van der Waals surface area contributed by atoms with Gasteiger partial charge in [-0.05, 0) is 32.0 Å². The first-order valence-electron chi connectivity index (χ1n) is 7.23. The van der Waals surface area contributed by atoms with E-state index in [1.54, 1.807) is 18.7 Å². The Kier molecular flexibility index (Phi) is 6.29. The SMILES string of the molecule is Cc1ccc(SCCNC(=O)COC(=O)c2ccoc2C)cc1. The highest BCUT2D eigenvalue weighted by atomic mass is 32.2. The number of nitrogens with one attached hydrogen (secondary N) is 1. The summed E-state index contributed by atoms with van der Waals surface area (Å²) in [5, 5.41) is 2.72. The summed E-state index contributed by atoms with van der Waals surface area (Å²) in [5.74, 6) is 0.359. The van der Waals surface area contributed by atoms with Crippen LogP contribution in [-0.2, 0) is 9.53 Å². The van der Waals surface area contributed by atoms with Gasteiger partial charge >= 0.3 is 5.97 Å². The molecule has 0 bridgehead atoms. The van der Waals surface area contributed by atoms with Crippen molar-refractivity contribution in [1.29, 1.82) is 0 Å². The number of carbonyl (C=O) groups excluding carboxylic acids is 2. The lowest BCUT2D eigenvalue weighted by Gasteiger charge is -2.06. The third-order valence-electron chi connectivity index (χ3n) is 3.13. The summed E-state index contributed by atoms with van der Waals surface area (Å²) in [6.07, 6.45) is 1.41. The molecule has 1 amide bonds. The van der Waals surface area contributed by atoms with Crippen molar-refractivity contribution >= 4 is 23.6 Å². The van der Waals surface area contributed by atoms with Gasteiger partial charge in [0.1, 0.15) is 11.3 Å². The lowest BCUT2D eigenvalue weighted by molar-refractivity contribution is -0.124. The van der Waals surface area contributed by atoms with E-state index in [2.05, 4.69) is 29.6 Å². The van der Waals surface area contributed by atoms with Crippen molar-refractivity contribution in [1.82, 2.24) is 5.32 Å². The van der Waals surface area contributed by atoms with E-state index in [-0.39, 0.29) is 12.5 Å². The topological polar surface area (TPSA) is 68.5 Å². The number of benzene rings is 1. The molecule has 2 aromatic rings. The van der Waals surface area contributed by atoms with Crippen LogP contribution in [0.3, 0.4) is 0 Å². The number of ether oxygens (including phenoxy) is 1. The van der Waals surface area contributed by atoms with Crippen molar-refractivity contribution < 1.29 is 18.7 Å². The number of furan rings is 1. The predicted molar refractivity (Wildman–Crippen MR) is 88.6 cm³/mol. The Morgan fingerprint density at radius 1 is 1.17 bits per heavy atom. The van der Waals surface area contributed by atoms with Crippen LogP contribution in [0.25, 0.3) is 0 Å². The Bertz CT molecular complexity index is 663. The molecule has 1 heterocycles. The number of hydrogen-bond acceptors (Lipinski definition) is 5. The quantitative estimate of drug-likeness (QED) is 0.479. The van der Waals surface area contributed by atoms with Gasteiger partial charge in [-0.2, -0.15) is 0 Å². The van der Waals surface area contributed by atoms with Crippen LogP contribution in [-0.4, -0.2) is 30.8 Å². The first-order valence-corrected chi connectivity index (χ1v) is 8.22. The second kappa shape index (κ2) is 8.43. The summed E-state index contributed by atoms with van der Waals surface area (Å²) in [7, 11) is 0. The molecule has 0 aliphatic carbocycles. The maximum Gasteiger partial charge on any atom is 0.342 e. The molecule has 1 N–H and O–H groups in total. The molecule has 23 heavy (non-hydrogen) atoms. The molecule has 1 aromatic carbocycles. The molecule has 6 heteroatoms. The zero-order chi connectivity index (χ0) is 16.7. The number of aryl methyl sites for hydroxylation is 2. The van der Waals surface area contributed by atoms with Crippen LogP contribution < -0.4 is 5.32 Å². The van der Waals surface area contributed by atoms with E-state index >= 15 is 0 Å². The Balaban J connectivity index is 1.62. The monoisotopic (exact) mass is 333 g/mol. The van der Waals surface area contributed by atoms with Crippen molar-refractivity contribution in [3.63, 3.8) is 0 Å². The van der Waals surface area contributed by atoms with Gasteiger partial charge in [0.25, 0.3) is 5.91 Å². The van der Waals surface area contributed by atoms with Crippen molar-refractivity contribution in [2.75, 3.05) is 18.9 Å². The van der Waals surface area contributed by atoms with Crippen LogP contribution in [0.2, 0.25) is 0 Å². The molecule has 2 rings (SSSR count). The lowest BCUT2D eigenvalue weighted by atomic mass is 10.2. The van der Waals surface area contributed by atoms with Gasteiger partial charge in [0.15, 0.2) is 6.61 Å². The fraction of sp³-hybridized carbons (Fsp3) is 0.294. The standard InChI is InChI=1S/C17H19NO4S/c1-12-3-5-14(6-4-12)23-10-8-18-16(19)11-22-17(20)15-7-9-21-13(15)2/h3-7,9H,8,10-11H2,1-2H3,(H,18,19). The van der Waals surface area contributed by atoms with E-state index in [4.69, 9.17) is 9.15 Å². The van der Waals surface area contributed by atoms with Crippen LogP contribution >= 0.6 is 11.8 Å². The molecule has 0 atom stereocenters. The highest BCUT2D eigenvalue weighted by molar-refractivity contribution is 7.99. The predicted octanol–water partition coefficient (Wildman–Crippen LogP) is 2.96. The van der Waals surface area contributed by atoms with Gasteiger partial charge in [-0.15, -0.1) is 11.8 Å². The minimum atomic E-state index is -0.555. The third kappa shape index (κ3) is 5.49. The van der Waals surface area contributed by atoms with Gasteiger partial charge < -0.3 is 14.5 Å². The molecule has 0 aliphatic heterocycles. The maximum absolute atomic E-state index is 11.7. The summed E-state index contributed by atoms with van der Waals surface area (Å²) < 4.78 is 9.96. The van der Waals surface area contributed by atoms with E-state index in [9.17, 15) is 9.59 Å². The van der Waals surface area contributed by atoms with Crippen LogP contribution in [0, 0.1) is 13.8 Å². The van der Waals surface area contributed by atoms with Gasteiger partial charge in [0, 0.05) is 17.2 Å². The normalized spacial score (nSPS) is 10.3. The average molecular weight is 333 g/mol. The largest absolute Gasteiger partial charge is 0.469 e. The fourth-order valence-corrected chi connectivity index (χ4v) is 2.62. The molecule has 0 radical (unpaired) electrons. The number of thioether (sulfide) groups is 1. The third-order valence-corrected chi connectivity index (χ3v) is 4.14. The summed E-state index contributed by atoms with van der Waals surface area (Å²) in [6, 6.07) is 9.73. The van der Waals surface area contributed by atoms with Crippen molar-refractivity contribution in [3.05, 3.63) is 53.5 Å². The molecule has 0 saturated heterocycles. The minimum absolute atomic E-state index is 0.293. The van der Waals surface area contributed by atoms with Gasteiger partial charge in [0.2, 0.25) is 0 Å². The second-order valence-electron chi connectivity index (χ2n) is 4.98. The number of esters is 1. The number of amides is 1. The summed E-state index contributed by atoms with van der Waals surface area (Å²) in [5.41, 5.74) is 1.56. The van der Waals surface area contributed by atoms with Crippen LogP contribution in [0.15, 0.2) is 45.9 Å². The Morgan fingerprint density at radius 2 is 1.91 bits per heavy atom. The zero-order valence-electron chi connectivity index (χ0n) is 13.1. The highest BCUT2D eigenvalue weighted by Crippen LogP contribution is 2.17. The molecular formula is C17H19NO4S. The fourth-order valence-electron chi connectivity index (χ4n) is 1.85. The molecule has 122 valence electrons. The van der Waals surface area contributed by atoms with Crippen molar-refractivity contribution in [2.24, 2.45) is 0 Å². The zero-order valence-corrected chi connectivity index (χ0v) is 13.9. The van der Waals surface area contributed by atoms with Gasteiger partial charge in [-0.1, -0.05) is 17.7 Å². The van der Waals surface area contributed by atoms with E-state index < -0.39 is 5.97 Å². The summed E-state index contributed by atoms with van der Waals surface area (Å²) in [6.45, 7) is 3.93. The van der Waals surface area contributed by atoms with E-state index in [0.29, 0.717) is 17.9 Å². The number of carbonyl (C=O) groups is 2. The average Bonchev–Trinajstić information content (AvgIpc) is 2.97. The minimum Gasteiger partial charge on any atom is -0.469 e. The first kappa shape index (κ1) is 17.1. The van der Waals surface area contributed by atoms with Gasteiger partial charge in [-0.3, -0.25) is 4.79 Å². The Hall–Kier alpha value is -2.21. The smallest absolute Gasteiger partial charge is 0.342 e. The van der Waals surface area contributed by atoms with E-state index in [0.717, 1.165) is 10.6 Å². The lowest BCUT2D eigenvalue weighted by Crippen LogP contribution is -2.30. The Labute approximate surface area is 139 Å². The molecular weight excluding hydrogens is 314 g/mol. The summed E-state index contributed by atoms with van der Waals surface area (Å²) >= 11 is 1.66. The number of rotatable bonds is 7. The van der Waals surface area contributed by atoms with Crippen LogP contribution in [0.5, 0.6) is 0 Å². The molecule has 1 aromatic heterocycles. The number of hydrogen-bond donors (Lipinski definition) is 1. The molecule has 0 aliphatic rings. The second-order valence-corrected chi connectivity index (χ2v) is 6.15. The van der Waals surface area contributed by atoms with E-state index in [1.165, 1.54) is 17.9 Å². The van der Waals surface area contributed by atoms with Gasteiger partial charge in [-0.25, -0.2) is 4.79 Å². The van der Waals surface area contributed by atoms with Crippen LogP contribution in [0.4, 0.5) is 0 Å². The van der Waals surface area contributed by atoms with Gasteiger partial charge in [0.05, 0.1) is 6.26 Å². The molecule has 5 nitrogen and oxygen atoms in total. The first-order chi connectivity index (χ1) is 11.1. The Morgan fingerprint density at radius 3 is 2.57 bits per heavy atom. The molecule has 0 unspecified atom stereocenters. The van der Waals surface area contributed by atoms with Crippen molar-refractivity contribution in [2.45, 2.75) is 18.7 Å². The van der Waals surface area contributed by atoms with Crippen LogP contribution in [0.1, 0.15) is 21.7 Å². The summed E-state index contributed by atoms with van der Waals surface area (Å²) in [4.78, 5) is 24.5. The highest BCUT2D eigenvalue weighted by Gasteiger charge is 2.14. The van der Waals surface area contributed by atoms with E-state index in [1.807, 2.05) is 6.92 Å². The molecule has 0 saturated carbocycles. The maximum atomic E-state index is 11.7. The molecule has 0 fully saturated rings. The molecule has 0 spiro atoms. The van der Waals surface area contributed by atoms with Crippen molar-refractivity contribution in [3.8, 4) is 0 Å².